The molecule has 2 atom stereocenters. The Kier molecular flexibility index (Phi) is 4.15. The van der Waals surface area contributed by atoms with Crippen LogP contribution in [0, 0.1) is 6.92 Å². The Bertz CT molecular complexity index is 381. The molecule has 2 unspecified atom stereocenters. The van der Waals surface area contributed by atoms with E-state index in [4.69, 9.17) is 5.73 Å². The first kappa shape index (κ1) is 12.6. The maximum absolute atomic E-state index is 5.91. The largest absolute Gasteiger partial charge is 0.398 e. The molecule has 3 N–H and O–H groups in total. The highest BCUT2D eigenvalue weighted by atomic mass is 32.2. The molecule has 0 aliphatic heterocycles. The Morgan fingerprint density at radius 3 is 2.88 bits per heavy atom. The standard InChI is InChI=1S/C13H21N3S/c1-9-8-15-13(7-10(9)14)16-11-5-3-4-6-12(11)17-2/h7-8,11-12H,3-6H2,1-2H3,(H3,14,15,16). The van der Waals surface area contributed by atoms with Gasteiger partial charge in [-0.15, -0.1) is 0 Å². The van der Waals surface area contributed by atoms with Crippen molar-refractivity contribution in [2.45, 2.75) is 43.9 Å². The minimum atomic E-state index is 0.536. The molecule has 0 aromatic carbocycles. The van der Waals surface area contributed by atoms with E-state index in [0.29, 0.717) is 11.3 Å². The molecule has 0 radical (unpaired) electrons. The number of pyridine rings is 1. The third kappa shape index (κ3) is 3.06. The summed E-state index contributed by atoms with van der Waals surface area (Å²) in [5.74, 6) is 0.916. The number of nitrogens with one attached hydrogen (secondary N) is 1. The monoisotopic (exact) mass is 251 g/mol. The molecule has 0 bridgehead atoms. The lowest BCUT2D eigenvalue weighted by atomic mass is 9.95. The van der Waals surface area contributed by atoms with Crippen LogP contribution in [0.2, 0.25) is 0 Å². The number of rotatable bonds is 3. The predicted molar refractivity (Wildman–Crippen MR) is 76.6 cm³/mol. The van der Waals surface area contributed by atoms with Crippen LogP contribution in [0.1, 0.15) is 31.2 Å². The van der Waals surface area contributed by atoms with Crippen molar-refractivity contribution in [1.82, 2.24) is 4.98 Å². The minimum absolute atomic E-state index is 0.536. The summed E-state index contributed by atoms with van der Waals surface area (Å²) < 4.78 is 0. The van der Waals surface area contributed by atoms with Gasteiger partial charge in [-0.05, 0) is 31.6 Å². The van der Waals surface area contributed by atoms with Gasteiger partial charge in [-0.3, -0.25) is 0 Å². The molecular weight excluding hydrogens is 230 g/mol. The number of hydrogen-bond acceptors (Lipinski definition) is 4. The lowest BCUT2D eigenvalue weighted by molar-refractivity contribution is 0.474. The van der Waals surface area contributed by atoms with Crippen LogP contribution in [-0.4, -0.2) is 22.5 Å². The number of nitrogen functional groups attached to an aromatic ring is 1. The topological polar surface area (TPSA) is 50.9 Å². The smallest absolute Gasteiger partial charge is 0.128 e. The quantitative estimate of drug-likeness (QED) is 0.867. The van der Waals surface area contributed by atoms with Crippen molar-refractivity contribution in [3.8, 4) is 0 Å². The van der Waals surface area contributed by atoms with E-state index < -0.39 is 0 Å². The van der Waals surface area contributed by atoms with Crippen molar-refractivity contribution in [2.75, 3.05) is 17.3 Å². The maximum atomic E-state index is 5.91. The second-order valence-corrected chi connectivity index (χ2v) is 5.81. The van der Waals surface area contributed by atoms with E-state index >= 15 is 0 Å². The number of anilines is 2. The lowest BCUT2D eigenvalue weighted by Gasteiger charge is -2.31. The highest BCUT2D eigenvalue weighted by Crippen LogP contribution is 2.29. The van der Waals surface area contributed by atoms with E-state index in [1.54, 1.807) is 0 Å². The first-order chi connectivity index (χ1) is 8.20. The Hall–Kier alpha value is -0.900. The summed E-state index contributed by atoms with van der Waals surface area (Å²) in [6.45, 7) is 1.98. The zero-order chi connectivity index (χ0) is 12.3. The van der Waals surface area contributed by atoms with Crippen molar-refractivity contribution < 1.29 is 0 Å². The molecule has 4 heteroatoms. The number of aryl methyl sites for hydroxylation is 1. The molecule has 1 saturated carbocycles. The van der Waals surface area contributed by atoms with Gasteiger partial charge in [-0.1, -0.05) is 12.8 Å². The van der Waals surface area contributed by atoms with Gasteiger partial charge in [-0.25, -0.2) is 4.98 Å². The first-order valence-corrected chi connectivity index (χ1v) is 7.51. The van der Waals surface area contributed by atoms with Gasteiger partial charge in [0.25, 0.3) is 0 Å². The molecule has 2 rings (SSSR count). The normalized spacial score (nSPS) is 24.6. The van der Waals surface area contributed by atoms with Crippen LogP contribution < -0.4 is 11.1 Å². The second-order valence-electron chi connectivity index (χ2n) is 4.74. The average Bonchev–Trinajstić information content (AvgIpc) is 2.34. The summed E-state index contributed by atoms with van der Waals surface area (Å²) in [4.78, 5) is 4.40. The van der Waals surface area contributed by atoms with E-state index in [1.807, 2.05) is 30.9 Å². The maximum Gasteiger partial charge on any atom is 0.128 e. The average molecular weight is 251 g/mol. The number of nitrogens with two attached hydrogens (primary N) is 1. The van der Waals surface area contributed by atoms with Crippen LogP contribution in [0.4, 0.5) is 11.5 Å². The first-order valence-electron chi connectivity index (χ1n) is 6.22. The van der Waals surface area contributed by atoms with E-state index in [0.717, 1.165) is 17.1 Å². The van der Waals surface area contributed by atoms with Crippen molar-refractivity contribution in [3.05, 3.63) is 17.8 Å². The van der Waals surface area contributed by atoms with Gasteiger partial charge in [0, 0.05) is 29.2 Å². The van der Waals surface area contributed by atoms with E-state index in [9.17, 15) is 0 Å². The summed E-state index contributed by atoms with van der Waals surface area (Å²) in [6.07, 6.45) is 9.25. The Balaban J connectivity index is 2.05. The van der Waals surface area contributed by atoms with E-state index in [2.05, 4.69) is 16.6 Å². The van der Waals surface area contributed by atoms with Gasteiger partial charge in [0.2, 0.25) is 0 Å². The highest BCUT2D eigenvalue weighted by molar-refractivity contribution is 7.99. The van der Waals surface area contributed by atoms with Crippen LogP contribution in [0.5, 0.6) is 0 Å². The van der Waals surface area contributed by atoms with Gasteiger partial charge in [0.15, 0.2) is 0 Å². The molecule has 0 amide bonds. The molecular formula is C13H21N3S. The second kappa shape index (κ2) is 5.63. The van der Waals surface area contributed by atoms with Crippen LogP contribution in [0.3, 0.4) is 0 Å². The van der Waals surface area contributed by atoms with Crippen LogP contribution in [0.15, 0.2) is 12.3 Å². The van der Waals surface area contributed by atoms with Gasteiger partial charge in [-0.2, -0.15) is 11.8 Å². The van der Waals surface area contributed by atoms with Crippen molar-refractivity contribution in [2.24, 2.45) is 0 Å². The van der Waals surface area contributed by atoms with Crippen molar-refractivity contribution >= 4 is 23.3 Å². The number of thioether (sulfide) groups is 1. The highest BCUT2D eigenvalue weighted by Gasteiger charge is 2.24. The molecule has 1 aliphatic carbocycles. The fraction of sp³-hybridized carbons (Fsp3) is 0.615. The molecule has 1 fully saturated rings. The molecule has 1 heterocycles. The van der Waals surface area contributed by atoms with E-state index in [-0.39, 0.29) is 0 Å². The molecule has 17 heavy (non-hydrogen) atoms. The Morgan fingerprint density at radius 2 is 2.18 bits per heavy atom. The van der Waals surface area contributed by atoms with E-state index in [1.165, 1.54) is 25.7 Å². The summed E-state index contributed by atoms with van der Waals surface area (Å²) in [5.41, 5.74) is 7.77. The minimum Gasteiger partial charge on any atom is -0.398 e. The fourth-order valence-corrected chi connectivity index (χ4v) is 3.29. The molecule has 1 aromatic rings. The van der Waals surface area contributed by atoms with Crippen molar-refractivity contribution in [1.29, 1.82) is 0 Å². The third-order valence-corrected chi connectivity index (χ3v) is 4.65. The number of nitrogens with zero attached hydrogens (tertiary/aromatic N) is 1. The Morgan fingerprint density at radius 1 is 1.41 bits per heavy atom. The van der Waals surface area contributed by atoms with Gasteiger partial charge in [0.05, 0.1) is 0 Å². The molecule has 3 nitrogen and oxygen atoms in total. The number of hydrogen-bond donors (Lipinski definition) is 2. The third-order valence-electron chi connectivity index (χ3n) is 3.48. The Labute approximate surface area is 108 Å². The molecule has 1 aliphatic rings. The summed E-state index contributed by atoms with van der Waals surface area (Å²) in [5, 5.41) is 4.24. The van der Waals surface area contributed by atoms with Crippen LogP contribution in [-0.2, 0) is 0 Å². The summed E-state index contributed by atoms with van der Waals surface area (Å²) >= 11 is 1.96. The number of aromatic nitrogens is 1. The lowest BCUT2D eigenvalue weighted by Crippen LogP contribution is -2.34. The van der Waals surface area contributed by atoms with Gasteiger partial charge in [0.1, 0.15) is 5.82 Å². The molecule has 0 spiro atoms. The predicted octanol–water partition coefficient (Wildman–Crippen LogP) is 3.06. The molecule has 94 valence electrons. The zero-order valence-electron chi connectivity index (χ0n) is 10.6. The van der Waals surface area contributed by atoms with Crippen LogP contribution in [0.25, 0.3) is 0 Å². The molecule has 0 saturated heterocycles. The van der Waals surface area contributed by atoms with Gasteiger partial charge >= 0.3 is 0 Å². The zero-order valence-corrected chi connectivity index (χ0v) is 11.4. The molecule has 1 aromatic heterocycles. The van der Waals surface area contributed by atoms with Gasteiger partial charge < -0.3 is 11.1 Å². The van der Waals surface area contributed by atoms with Crippen LogP contribution >= 0.6 is 11.8 Å². The summed E-state index contributed by atoms with van der Waals surface area (Å²) in [6, 6.07) is 2.48. The van der Waals surface area contributed by atoms with Crippen molar-refractivity contribution in [3.63, 3.8) is 0 Å². The fourth-order valence-electron chi connectivity index (χ4n) is 2.35. The summed E-state index contributed by atoms with van der Waals surface area (Å²) in [7, 11) is 0. The SMILES string of the molecule is CSC1CCCCC1Nc1cc(N)c(C)cn1.